The Bertz CT molecular complexity index is 1630. The molecule has 6 nitrogen and oxygen atoms in total. The van der Waals surface area contributed by atoms with Crippen molar-refractivity contribution in [2.45, 2.75) is 20.4 Å². The summed E-state index contributed by atoms with van der Waals surface area (Å²) >= 11 is 1.38. The van der Waals surface area contributed by atoms with Crippen molar-refractivity contribution in [2.24, 2.45) is 4.99 Å². The standard InChI is InChI=1S/C28H23N3O3S/c1-3-31-24-15-14-19(27(33)34-4-2)16-25(24)35-28(31)30-26(32)21-17-23(18-10-6-5-7-11-18)29-22-13-9-8-12-20(21)22/h5-17H,3-4H2,1-2H3. The van der Waals surface area contributed by atoms with Gasteiger partial charge in [-0.15, -0.1) is 0 Å². The molecule has 0 aliphatic rings. The van der Waals surface area contributed by atoms with E-state index in [0.29, 0.717) is 29.1 Å². The smallest absolute Gasteiger partial charge is 0.338 e. The molecule has 7 heteroatoms. The normalized spacial score (nSPS) is 11.8. The number of aryl methyl sites for hydroxylation is 1. The second-order valence-electron chi connectivity index (χ2n) is 7.89. The lowest BCUT2D eigenvalue weighted by atomic mass is 10.0. The fourth-order valence-electron chi connectivity index (χ4n) is 4.06. The van der Waals surface area contributed by atoms with E-state index in [1.807, 2.05) is 78.2 Å². The molecule has 0 saturated heterocycles. The van der Waals surface area contributed by atoms with Gasteiger partial charge in [-0.2, -0.15) is 4.99 Å². The Kier molecular flexibility index (Phi) is 6.25. The summed E-state index contributed by atoms with van der Waals surface area (Å²) in [4.78, 5) is 35.6. The van der Waals surface area contributed by atoms with Gasteiger partial charge in [0.15, 0.2) is 4.80 Å². The van der Waals surface area contributed by atoms with Gasteiger partial charge in [0.05, 0.1) is 39.2 Å². The van der Waals surface area contributed by atoms with Crippen molar-refractivity contribution in [2.75, 3.05) is 6.61 Å². The number of nitrogens with zero attached hydrogens (tertiary/aromatic N) is 3. The number of pyridine rings is 1. The van der Waals surface area contributed by atoms with Gasteiger partial charge in [0.2, 0.25) is 0 Å². The molecule has 35 heavy (non-hydrogen) atoms. The van der Waals surface area contributed by atoms with Gasteiger partial charge in [-0.1, -0.05) is 59.9 Å². The molecular formula is C28H23N3O3S. The van der Waals surface area contributed by atoms with E-state index in [-0.39, 0.29) is 11.9 Å². The molecule has 0 aliphatic heterocycles. The van der Waals surface area contributed by atoms with Gasteiger partial charge in [0, 0.05) is 17.5 Å². The van der Waals surface area contributed by atoms with E-state index in [9.17, 15) is 9.59 Å². The first kappa shape index (κ1) is 22.7. The van der Waals surface area contributed by atoms with Gasteiger partial charge in [-0.25, -0.2) is 9.78 Å². The largest absolute Gasteiger partial charge is 0.462 e. The number of carbonyl (C=O) groups is 2. The average molecular weight is 482 g/mol. The van der Waals surface area contributed by atoms with Crippen LogP contribution in [0.1, 0.15) is 34.6 Å². The van der Waals surface area contributed by atoms with E-state index in [4.69, 9.17) is 9.72 Å². The summed E-state index contributed by atoms with van der Waals surface area (Å²) in [6.45, 7) is 4.74. The number of aromatic nitrogens is 2. The molecule has 0 aliphatic carbocycles. The number of esters is 1. The van der Waals surface area contributed by atoms with Gasteiger partial charge in [-0.3, -0.25) is 4.79 Å². The zero-order valence-corrected chi connectivity index (χ0v) is 20.2. The van der Waals surface area contributed by atoms with Crippen molar-refractivity contribution in [1.29, 1.82) is 0 Å². The zero-order chi connectivity index (χ0) is 24.4. The molecule has 0 spiro atoms. The maximum atomic E-state index is 13.5. The summed E-state index contributed by atoms with van der Waals surface area (Å²) < 4.78 is 7.98. The van der Waals surface area contributed by atoms with Crippen LogP contribution in [0.4, 0.5) is 0 Å². The minimum atomic E-state index is -0.364. The van der Waals surface area contributed by atoms with Crippen molar-refractivity contribution in [1.82, 2.24) is 9.55 Å². The Hall–Kier alpha value is -4.10. The highest BCUT2D eigenvalue weighted by molar-refractivity contribution is 7.16. The summed E-state index contributed by atoms with van der Waals surface area (Å²) in [6, 6.07) is 24.6. The molecule has 0 unspecified atom stereocenters. The van der Waals surface area contributed by atoms with E-state index in [1.54, 1.807) is 19.1 Å². The third kappa shape index (κ3) is 4.38. The molecular weight excluding hydrogens is 458 g/mol. The van der Waals surface area contributed by atoms with Crippen molar-refractivity contribution >= 4 is 44.3 Å². The number of ether oxygens (including phenoxy) is 1. The predicted octanol–water partition coefficient (Wildman–Crippen LogP) is 5.86. The van der Waals surface area contributed by atoms with Gasteiger partial charge in [-0.05, 0) is 44.2 Å². The van der Waals surface area contributed by atoms with Gasteiger partial charge in [0.25, 0.3) is 5.91 Å². The average Bonchev–Trinajstić information content (AvgIpc) is 3.24. The lowest BCUT2D eigenvalue weighted by Gasteiger charge is -2.07. The molecule has 174 valence electrons. The highest BCUT2D eigenvalue weighted by atomic mass is 32.1. The minimum Gasteiger partial charge on any atom is -0.462 e. The van der Waals surface area contributed by atoms with Crippen LogP contribution in [0.5, 0.6) is 0 Å². The second-order valence-corrected chi connectivity index (χ2v) is 8.90. The first-order chi connectivity index (χ1) is 17.1. The number of thiazole rings is 1. The summed E-state index contributed by atoms with van der Waals surface area (Å²) in [5, 5.41) is 0.759. The molecule has 3 aromatic carbocycles. The van der Waals surface area contributed by atoms with Crippen LogP contribution in [-0.2, 0) is 11.3 Å². The van der Waals surface area contributed by atoms with Crippen LogP contribution in [-0.4, -0.2) is 28.0 Å². The molecule has 2 heterocycles. The SMILES string of the molecule is CCOC(=O)c1ccc2c(c1)sc(=NC(=O)c1cc(-c3ccccc3)nc3ccccc13)n2CC. The third-order valence-corrected chi connectivity index (χ3v) is 6.76. The van der Waals surface area contributed by atoms with Gasteiger partial charge < -0.3 is 9.30 Å². The van der Waals surface area contributed by atoms with Crippen LogP contribution in [0.15, 0.2) is 83.9 Å². The summed E-state index contributed by atoms with van der Waals surface area (Å²) in [6.07, 6.45) is 0. The number of rotatable bonds is 5. The van der Waals surface area contributed by atoms with Crippen LogP contribution in [0.2, 0.25) is 0 Å². The third-order valence-electron chi connectivity index (χ3n) is 5.72. The second kappa shape index (κ2) is 9.64. The number of fused-ring (bicyclic) bond motifs is 2. The number of hydrogen-bond acceptors (Lipinski definition) is 5. The Morgan fingerprint density at radius 2 is 1.74 bits per heavy atom. The molecule has 5 rings (SSSR count). The fourth-order valence-corrected chi connectivity index (χ4v) is 5.19. The molecule has 0 bridgehead atoms. The van der Waals surface area contributed by atoms with E-state index >= 15 is 0 Å². The first-order valence-corrected chi connectivity index (χ1v) is 12.3. The zero-order valence-electron chi connectivity index (χ0n) is 19.4. The summed E-state index contributed by atoms with van der Waals surface area (Å²) in [5.41, 5.74) is 4.30. The quantitative estimate of drug-likeness (QED) is 0.295. The van der Waals surface area contributed by atoms with Crippen molar-refractivity contribution in [3.05, 3.63) is 94.8 Å². The highest BCUT2D eigenvalue weighted by Gasteiger charge is 2.16. The van der Waals surface area contributed by atoms with Crippen LogP contribution < -0.4 is 4.80 Å². The molecule has 0 atom stereocenters. The topological polar surface area (TPSA) is 73.6 Å². The number of hydrogen-bond donors (Lipinski definition) is 0. The summed E-state index contributed by atoms with van der Waals surface area (Å²) in [5.74, 6) is -0.697. The van der Waals surface area contributed by atoms with E-state index < -0.39 is 0 Å². The molecule has 1 amide bonds. The Labute approximate surface area is 206 Å². The lowest BCUT2D eigenvalue weighted by Crippen LogP contribution is -2.16. The fraction of sp³-hybridized carbons (Fsp3) is 0.143. The van der Waals surface area contributed by atoms with Crippen LogP contribution in [0.25, 0.3) is 32.4 Å². The number of benzene rings is 3. The first-order valence-electron chi connectivity index (χ1n) is 11.4. The molecule has 0 fully saturated rings. The van der Waals surface area contributed by atoms with Crippen LogP contribution >= 0.6 is 11.3 Å². The van der Waals surface area contributed by atoms with Crippen molar-refractivity contribution in [3.63, 3.8) is 0 Å². The molecule has 5 aromatic rings. The van der Waals surface area contributed by atoms with Crippen molar-refractivity contribution < 1.29 is 14.3 Å². The van der Waals surface area contributed by atoms with Gasteiger partial charge in [0.1, 0.15) is 0 Å². The Morgan fingerprint density at radius 3 is 2.51 bits per heavy atom. The Balaban J connectivity index is 1.65. The number of carbonyl (C=O) groups excluding carboxylic acids is 2. The van der Waals surface area contributed by atoms with Gasteiger partial charge >= 0.3 is 5.97 Å². The molecule has 0 saturated carbocycles. The molecule has 0 N–H and O–H groups in total. The lowest BCUT2D eigenvalue weighted by molar-refractivity contribution is 0.0526. The molecule has 2 aromatic heterocycles. The van der Waals surface area contributed by atoms with E-state index in [1.165, 1.54) is 11.3 Å². The minimum absolute atomic E-state index is 0.316. The number of amides is 1. The maximum Gasteiger partial charge on any atom is 0.338 e. The highest BCUT2D eigenvalue weighted by Crippen LogP contribution is 2.26. The number of para-hydroxylation sites is 1. The maximum absolute atomic E-state index is 13.5. The van der Waals surface area contributed by atoms with Crippen molar-refractivity contribution in [3.8, 4) is 11.3 Å². The Morgan fingerprint density at radius 1 is 0.971 bits per heavy atom. The van der Waals surface area contributed by atoms with Crippen LogP contribution in [0.3, 0.4) is 0 Å². The predicted molar refractivity (Wildman–Crippen MR) is 139 cm³/mol. The van der Waals surface area contributed by atoms with Crippen LogP contribution in [0, 0.1) is 0 Å². The van der Waals surface area contributed by atoms with E-state index in [0.717, 1.165) is 32.4 Å². The van der Waals surface area contributed by atoms with E-state index in [2.05, 4.69) is 4.99 Å². The summed E-state index contributed by atoms with van der Waals surface area (Å²) in [7, 11) is 0. The molecule has 0 radical (unpaired) electrons. The monoisotopic (exact) mass is 481 g/mol.